The first-order valence-electron chi connectivity index (χ1n) is 6.96. The molecule has 94 valence electrons. The molecule has 1 saturated carbocycles. The van der Waals surface area contributed by atoms with Gasteiger partial charge in [-0.1, -0.05) is 20.8 Å². The predicted molar refractivity (Wildman–Crippen MR) is 69.6 cm³/mol. The molecule has 16 heavy (non-hydrogen) atoms. The summed E-state index contributed by atoms with van der Waals surface area (Å²) < 4.78 is 0. The van der Waals surface area contributed by atoms with Crippen LogP contribution in [0.2, 0.25) is 0 Å². The summed E-state index contributed by atoms with van der Waals surface area (Å²) in [6.07, 6.45) is 4.21. The first kappa shape index (κ1) is 12.4. The third-order valence-electron chi connectivity index (χ3n) is 4.22. The van der Waals surface area contributed by atoms with Gasteiger partial charge in [0.1, 0.15) is 0 Å². The highest BCUT2D eigenvalue weighted by atomic mass is 15.2. The standard InChI is InChI=1S/C14H28N2/c1-11(2)7-13-9-16(12(3)8-15-13)10-14(4)5-6-14/h11-13,15H,5-10H2,1-4H3. The highest BCUT2D eigenvalue weighted by Crippen LogP contribution is 2.45. The SMILES string of the molecule is CC(C)CC1CN(CC2(C)CC2)C(C)CN1. The molecule has 0 aromatic rings. The highest BCUT2D eigenvalue weighted by molar-refractivity contribution is 4.95. The minimum atomic E-state index is 0.661. The van der Waals surface area contributed by atoms with E-state index in [-0.39, 0.29) is 0 Å². The Balaban J connectivity index is 1.84. The summed E-state index contributed by atoms with van der Waals surface area (Å²) in [5.74, 6) is 0.810. The van der Waals surface area contributed by atoms with E-state index >= 15 is 0 Å². The lowest BCUT2D eigenvalue weighted by Gasteiger charge is -2.40. The Hall–Kier alpha value is -0.0800. The Morgan fingerprint density at radius 1 is 1.38 bits per heavy atom. The third kappa shape index (κ3) is 3.21. The molecule has 1 N–H and O–H groups in total. The molecule has 1 aliphatic heterocycles. The Morgan fingerprint density at radius 3 is 2.62 bits per heavy atom. The van der Waals surface area contributed by atoms with Crippen molar-refractivity contribution >= 4 is 0 Å². The lowest BCUT2D eigenvalue weighted by Crippen LogP contribution is -2.56. The van der Waals surface area contributed by atoms with Crippen LogP contribution in [-0.4, -0.2) is 36.6 Å². The lowest BCUT2D eigenvalue weighted by atomic mass is 9.98. The van der Waals surface area contributed by atoms with Crippen LogP contribution in [-0.2, 0) is 0 Å². The van der Waals surface area contributed by atoms with E-state index in [1.165, 1.54) is 38.9 Å². The van der Waals surface area contributed by atoms with Crippen LogP contribution in [0.4, 0.5) is 0 Å². The second-order valence-electron chi connectivity index (χ2n) is 6.82. The number of hydrogen-bond acceptors (Lipinski definition) is 2. The largest absolute Gasteiger partial charge is 0.311 e. The average Bonchev–Trinajstić information content (AvgIpc) is 2.89. The molecule has 0 aromatic heterocycles. The molecule has 1 aliphatic carbocycles. The first-order chi connectivity index (χ1) is 7.48. The Bertz CT molecular complexity index is 233. The monoisotopic (exact) mass is 224 g/mol. The van der Waals surface area contributed by atoms with Gasteiger partial charge in [-0.15, -0.1) is 0 Å². The average molecular weight is 224 g/mol. The predicted octanol–water partition coefficient (Wildman–Crippen LogP) is 2.49. The van der Waals surface area contributed by atoms with Gasteiger partial charge in [-0.3, -0.25) is 4.90 Å². The van der Waals surface area contributed by atoms with Gasteiger partial charge in [0.15, 0.2) is 0 Å². The van der Waals surface area contributed by atoms with Gasteiger partial charge in [0.05, 0.1) is 0 Å². The second kappa shape index (κ2) is 4.66. The maximum Gasteiger partial charge on any atom is 0.0198 e. The van der Waals surface area contributed by atoms with E-state index in [0.29, 0.717) is 5.41 Å². The highest BCUT2D eigenvalue weighted by Gasteiger charge is 2.40. The fourth-order valence-corrected chi connectivity index (χ4v) is 2.80. The summed E-state index contributed by atoms with van der Waals surface area (Å²) in [4.78, 5) is 2.72. The molecule has 2 unspecified atom stereocenters. The molecule has 0 amide bonds. The van der Waals surface area contributed by atoms with Gasteiger partial charge in [-0.05, 0) is 37.5 Å². The molecule has 2 aliphatic rings. The van der Waals surface area contributed by atoms with Crippen molar-refractivity contribution in [1.29, 1.82) is 0 Å². The van der Waals surface area contributed by atoms with Gasteiger partial charge in [-0.2, -0.15) is 0 Å². The zero-order valence-corrected chi connectivity index (χ0v) is 11.4. The van der Waals surface area contributed by atoms with E-state index in [0.717, 1.165) is 18.0 Å². The maximum absolute atomic E-state index is 3.69. The molecule has 0 radical (unpaired) electrons. The number of nitrogens with zero attached hydrogens (tertiary/aromatic N) is 1. The summed E-state index contributed by atoms with van der Waals surface area (Å²) in [6, 6.07) is 1.44. The van der Waals surface area contributed by atoms with Crippen LogP contribution in [0.15, 0.2) is 0 Å². The van der Waals surface area contributed by atoms with E-state index in [2.05, 4.69) is 37.9 Å². The number of piperazine rings is 1. The topological polar surface area (TPSA) is 15.3 Å². The fourth-order valence-electron chi connectivity index (χ4n) is 2.80. The molecule has 2 nitrogen and oxygen atoms in total. The van der Waals surface area contributed by atoms with Crippen LogP contribution in [0.25, 0.3) is 0 Å². The molecule has 1 saturated heterocycles. The van der Waals surface area contributed by atoms with Crippen LogP contribution in [0.1, 0.15) is 47.0 Å². The smallest absolute Gasteiger partial charge is 0.0198 e. The van der Waals surface area contributed by atoms with Crippen molar-refractivity contribution in [3.8, 4) is 0 Å². The molecular weight excluding hydrogens is 196 g/mol. The first-order valence-corrected chi connectivity index (χ1v) is 6.96. The zero-order valence-electron chi connectivity index (χ0n) is 11.4. The van der Waals surface area contributed by atoms with Crippen LogP contribution in [0, 0.1) is 11.3 Å². The minimum Gasteiger partial charge on any atom is -0.311 e. The van der Waals surface area contributed by atoms with E-state index in [4.69, 9.17) is 0 Å². The van der Waals surface area contributed by atoms with Crippen molar-refractivity contribution in [1.82, 2.24) is 10.2 Å². The summed E-state index contributed by atoms with van der Waals surface area (Å²) >= 11 is 0. The quantitative estimate of drug-likeness (QED) is 0.789. The van der Waals surface area contributed by atoms with Gasteiger partial charge < -0.3 is 5.32 Å². The Labute approximate surface area is 101 Å². The summed E-state index contributed by atoms with van der Waals surface area (Å²) in [5, 5.41) is 3.69. The molecule has 2 atom stereocenters. The molecule has 2 fully saturated rings. The van der Waals surface area contributed by atoms with Crippen molar-refractivity contribution in [2.45, 2.75) is 59.0 Å². The minimum absolute atomic E-state index is 0.661. The maximum atomic E-state index is 3.69. The second-order valence-corrected chi connectivity index (χ2v) is 6.82. The summed E-state index contributed by atoms with van der Waals surface area (Å²) in [6.45, 7) is 13.2. The lowest BCUT2D eigenvalue weighted by molar-refractivity contribution is 0.110. The van der Waals surface area contributed by atoms with Gasteiger partial charge in [0, 0.05) is 31.7 Å². The van der Waals surface area contributed by atoms with E-state index < -0.39 is 0 Å². The van der Waals surface area contributed by atoms with Crippen molar-refractivity contribution in [2.75, 3.05) is 19.6 Å². The van der Waals surface area contributed by atoms with Crippen molar-refractivity contribution in [3.63, 3.8) is 0 Å². The van der Waals surface area contributed by atoms with Crippen molar-refractivity contribution in [3.05, 3.63) is 0 Å². The van der Waals surface area contributed by atoms with E-state index in [9.17, 15) is 0 Å². The van der Waals surface area contributed by atoms with Gasteiger partial charge in [0.25, 0.3) is 0 Å². The number of hydrogen-bond donors (Lipinski definition) is 1. The molecule has 1 heterocycles. The van der Waals surface area contributed by atoms with Gasteiger partial charge >= 0.3 is 0 Å². The van der Waals surface area contributed by atoms with Crippen LogP contribution >= 0.6 is 0 Å². The number of rotatable bonds is 4. The molecular formula is C14H28N2. The molecule has 0 bridgehead atoms. The number of nitrogens with one attached hydrogen (secondary N) is 1. The van der Waals surface area contributed by atoms with E-state index in [1.807, 2.05) is 0 Å². The normalized spacial score (nSPS) is 34.3. The molecule has 0 spiro atoms. The van der Waals surface area contributed by atoms with Crippen LogP contribution in [0.5, 0.6) is 0 Å². The molecule has 2 rings (SSSR count). The van der Waals surface area contributed by atoms with Crippen LogP contribution < -0.4 is 5.32 Å². The van der Waals surface area contributed by atoms with Crippen LogP contribution in [0.3, 0.4) is 0 Å². The Morgan fingerprint density at radius 2 is 2.06 bits per heavy atom. The molecule has 2 heteroatoms. The van der Waals surface area contributed by atoms with Gasteiger partial charge in [-0.25, -0.2) is 0 Å². The third-order valence-corrected chi connectivity index (χ3v) is 4.22. The molecule has 0 aromatic carbocycles. The van der Waals surface area contributed by atoms with Crippen molar-refractivity contribution in [2.24, 2.45) is 11.3 Å². The Kier molecular flexibility index (Phi) is 3.60. The fraction of sp³-hybridized carbons (Fsp3) is 1.00. The summed E-state index contributed by atoms with van der Waals surface area (Å²) in [7, 11) is 0. The summed E-state index contributed by atoms with van der Waals surface area (Å²) in [5.41, 5.74) is 0.661. The van der Waals surface area contributed by atoms with E-state index in [1.54, 1.807) is 0 Å². The van der Waals surface area contributed by atoms with Crippen molar-refractivity contribution < 1.29 is 0 Å². The zero-order chi connectivity index (χ0) is 11.8. The van der Waals surface area contributed by atoms with Gasteiger partial charge in [0.2, 0.25) is 0 Å².